The summed E-state index contributed by atoms with van der Waals surface area (Å²) in [5.41, 5.74) is 1.41. The van der Waals surface area contributed by atoms with Gasteiger partial charge in [0.05, 0.1) is 0 Å². The molecule has 1 unspecified atom stereocenters. The summed E-state index contributed by atoms with van der Waals surface area (Å²) in [6, 6.07) is 11.2. The van der Waals surface area contributed by atoms with Crippen LogP contribution in [-0.2, 0) is 0 Å². The van der Waals surface area contributed by atoms with E-state index >= 15 is 0 Å². The third-order valence-corrected chi connectivity index (χ3v) is 3.27. The van der Waals surface area contributed by atoms with Gasteiger partial charge in [-0.15, -0.1) is 0 Å². The fraction of sp³-hybridized carbons (Fsp3) is 0.571. The van der Waals surface area contributed by atoms with Crippen LogP contribution in [0.3, 0.4) is 0 Å². The van der Waals surface area contributed by atoms with Gasteiger partial charge in [-0.3, -0.25) is 0 Å². The van der Waals surface area contributed by atoms with Gasteiger partial charge < -0.3 is 5.32 Å². The lowest BCUT2D eigenvalue weighted by Gasteiger charge is -2.21. The summed E-state index contributed by atoms with van der Waals surface area (Å²) in [6.07, 6.45) is 3.80. The largest absolute Gasteiger partial charge is 0.313 e. The van der Waals surface area contributed by atoms with Gasteiger partial charge in [0.25, 0.3) is 0 Å². The summed E-state index contributed by atoms with van der Waals surface area (Å²) in [4.78, 5) is 0. The van der Waals surface area contributed by atoms with Crippen molar-refractivity contribution in [1.29, 1.82) is 0 Å². The average Bonchev–Trinajstić information content (AvgIpc) is 2.32. The van der Waals surface area contributed by atoms with Crippen LogP contribution in [0.15, 0.2) is 30.3 Å². The predicted molar refractivity (Wildman–Crippen MR) is 66.9 cm³/mol. The fourth-order valence-corrected chi connectivity index (χ4v) is 2.06. The Morgan fingerprint density at radius 3 is 2.13 bits per heavy atom. The zero-order valence-electron chi connectivity index (χ0n) is 10.2. The van der Waals surface area contributed by atoms with Gasteiger partial charge in [-0.05, 0) is 24.9 Å². The number of nitrogens with one attached hydrogen (secondary N) is 1. The molecule has 0 saturated heterocycles. The van der Waals surface area contributed by atoms with E-state index in [2.05, 4.69) is 56.5 Å². The normalized spacial score (nSPS) is 13.1. The summed E-state index contributed by atoms with van der Waals surface area (Å²) in [6.45, 7) is 4.57. The lowest BCUT2D eigenvalue weighted by Crippen LogP contribution is -2.19. The van der Waals surface area contributed by atoms with Gasteiger partial charge >= 0.3 is 0 Å². The van der Waals surface area contributed by atoms with E-state index < -0.39 is 0 Å². The Morgan fingerprint density at radius 2 is 1.67 bits per heavy atom. The minimum absolute atomic E-state index is 0.510. The van der Waals surface area contributed by atoms with Crippen molar-refractivity contribution in [1.82, 2.24) is 5.32 Å². The van der Waals surface area contributed by atoms with E-state index in [1.807, 2.05) is 0 Å². The first-order valence-corrected chi connectivity index (χ1v) is 6.04. The molecule has 1 rings (SSSR count). The molecular weight excluding hydrogens is 182 g/mol. The van der Waals surface area contributed by atoms with Crippen LogP contribution < -0.4 is 5.32 Å². The maximum absolute atomic E-state index is 3.42. The number of rotatable bonds is 6. The Hall–Kier alpha value is -0.820. The molecule has 0 aliphatic carbocycles. The zero-order valence-corrected chi connectivity index (χ0v) is 10.2. The fourth-order valence-electron chi connectivity index (χ4n) is 2.06. The van der Waals surface area contributed by atoms with Crippen LogP contribution in [0.2, 0.25) is 0 Å². The molecule has 15 heavy (non-hydrogen) atoms. The van der Waals surface area contributed by atoms with Crippen LogP contribution in [0.1, 0.15) is 44.7 Å². The quantitative estimate of drug-likeness (QED) is 0.745. The summed E-state index contributed by atoms with van der Waals surface area (Å²) in [5, 5.41) is 3.42. The lowest BCUT2D eigenvalue weighted by atomic mass is 9.91. The lowest BCUT2D eigenvalue weighted by molar-refractivity contribution is 0.385. The van der Waals surface area contributed by atoms with Crippen LogP contribution in [0.25, 0.3) is 0 Å². The molecule has 0 fully saturated rings. The maximum atomic E-state index is 3.42. The molecular formula is C14H23N. The van der Waals surface area contributed by atoms with Crippen molar-refractivity contribution in [3.8, 4) is 0 Å². The summed E-state index contributed by atoms with van der Waals surface area (Å²) in [7, 11) is 2.06. The molecule has 0 aromatic heterocycles. The molecule has 1 heteroatoms. The third-order valence-electron chi connectivity index (χ3n) is 3.27. The molecule has 0 aliphatic heterocycles. The predicted octanol–water partition coefficient (Wildman–Crippen LogP) is 3.77. The Morgan fingerprint density at radius 1 is 1.07 bits per heavy atom. The molecule has 1 nitrogen and oxygen atoms in total. The van der Waals surface area contributed by atoms with E-state index in [0.29, 0.717) is 6.04 Å². The van der Waals surface area contributed by atoms with Gasteiger partial charge in [0.1, 0.15) is 0 Å². The van der Waals surface area contributed by atoms with Gasteiger partial charge in [-0.25, -0.2) is 0 Å². The van der Waals surface area contributed by atoms with E-state index in [-0.39, 0.29) is 0 Å². The topological polar surface area (TPSA) is 12.0 Å². The number of benzene rings is 1. The molecule has 1 N–H and O–H groups in total. The van der Waals surface area contributed by atoms with Gasteiger partial charge in [-0.2, -0.15) is 0 Å². The Labute approximate surface area is 93.9 Å². The smallest absolute Gasteiger partial charge is 0.0320 e. The van der Waals surface area contributed by atoms with Crippen molar-refractivity contribution in [2.45, 2.75) is 39.2 Å². The van der Waals surface area contributed by atoms with Gasteiger partial charge in [0.15, 0.2) is 0 Å². The monoisotopic (exact) mass is 205 g/mol. The first-order chi connectivity index (χ1) is 7.31. The van der Waals surface area contributed by atoms with Crippen molar-refractivity contribution < 1.29 is 0 Å². The van der Waals surface area contributed by atoms with Crippen molar-refractivity contribution in [2.24, 2.45) is 5.92 Å². The van der Waals surface area contributed by atoms with Crippen LogP contribution in [0.5, 0.6) is 0 Å². The van der Waals surface area contributed by atoms with E-state index in [1.54, 1.807) is 0 Å². The second kappa shape index (κ2) is 6.62. The third kappa shape index (κ3) is 3.67. The van der Waals surface area contributed by atoms with Gasteiger partial charge in [-0.1, -0.05) is 57.0 Å². The molecule has 0 amide bonds. The van der Waals surface area contributed by atoms with Crippen LogP contribution in [-0.4, -0.2) is 7.05 Å². The second-order valence-electron chi connectivity index (χ2n) is 4.17. The van der Waals surface area contributed by atoms with Crippen LogP contribution in [0, 0.1) is 5.92 Å². The standard InChI is InChI=1S/C14H23N/c1-4-12(5-2)11-14(15-3)13-9-7-6-8-10-13/h6-10,12,14-15H,4-5,11H2,1-3H3. The first kappa shape index (κ1) is 12.3. The molecule has 84 valence electrons. The average molecular weight is 205 g/mol. The molecule has 0 heterocycles. The molecule has 1 aromatic carbocycles. The highest BCUT2D eigenvalue weighted by molar-refractivity contribution is 5.18. The van der Waals surface area contributed by atoms with Crippen LogP contribution in [0.4, 0.5) is 0 Å². The molecule has 0 radical (unpaired) electrons. The molecule has 1 atom stereocenters. The number of hydrogen-bond donors (Lipinski definition) is 1. The van der Waals surface area contributed by atoms with E-state index in [9.17, 15) is 0 Å². The number of hydrogen-bond acceptors (Lipinski definition) is 1. The molecule has 0 spiro atoms. The zero-order chi connectivity index (χ0) is 11.1. The summed E-state index contributed by atoms with van der Waals surface area (Å²) < 4.78 is 0. The summed E-state index contributed by atoms with van der Waals surface area (Å²) in [5.74, 6) is 0.836. The van der Waals surface area contributed by atoms with Gasteiger partial charge in [0, 0.05) is 6.04 Å². The SMILES string of the molecule is CCC(CC)CC(NC)c1ccccc1. The molecule has 0 saturated carbocycles. The molecule has 0 bridgehead atoms. The Balaban J connectivity index is 2.64. The molecule has 1 aromatic rings. The van der Waals surface area contributed by atoms with Crippen LogP contribution >= 0.6 is 0 Å². The highest BCUT2D eigenvalue weighted by atomic mass is 14.9. The summed E-state index contributed by atoms with van der Waals surface area (Å²) >= 11 is 0. The highest BCUT2D eigenvalue weighted by Crippen LogP contribution is 2.24. The van der Waals surface area contributed by atoms with Crippen molar-refractivity contribution >= 4 is 0 Å². The van der Waals surface area contributed by atoms with Crippen molar-refractivity contribution in [2.75, 3.05) is 7.05 Å². The Kier molecular flexibility index (Phi) is 5.41. The molecule has 0 aliphatic rings. The van der Waals surface area contributed by atoms with Crippen molar-refractivity contribution in [3.05, 3.63) is 35.9 Å². The first-order valence-electron chi connectivity index (χ1n) is 6.04. The van der Waals surface area contributed by atoms with Gasteiger partial charge in [0.2, 0.25) is 0 Å². The minimum Gasteiger partial charge on any atom is -0.313 e. The minimum atomic E-state index is 0.510. The van der Waals surface area contributed by atoms with E-state index in [4.69, 9.17) is 0 Å². The van der Waals surface area contributed by atoms with Crippen molar-refractivity contribution in [3.63, 3.8) is 0 Å². The maximum Gasteiger partial charge on any atom is 0.0320 e. The Bertz CT molecular complexity index is 251. The highest BCUT2D eigenvalue weighted by Gasteiger charge is 2.13. The van der Waals surface area contributed by atoms with E-state index in [0.717, 1.165) is 5.92 Å². The van der Waals surface area contributed by atoms with E-state index in [1.165, 1.54) is 24.8 Å². The second-order valence-corrected chi connectivity index (χ2v) is 4.17.